The summed E-state index contributed by atoms with van der Waals surface area (Å²) in [5.41, 5.74) is -1.48. The maximum atomic E-state index is 13.8. The number of amides is 2. The van der Waals surface area contributed by atoms with Crippen molar-refractivity contribution in [2.75, 3.05) is 0 Å². The fourth-order valence-electron chi connectivity index (χ4n) is 5.95. The summed E-state index contributed by atoms with van der Waals surface area (Å²) in [6.07, 6.45) is 2.62. The maximum absolute atomic E-state index is 13.8. The molecule has 1 spiro atoms. The molecule has 0 radical (unpaired) electrons. The van der Waals surface area contributed by atoms with Crippen molar-refractivity contribution in [1.29, 1.82) is 0 Å². The van der Waals surface area contributed by atoms with Gasteiger partial charge in [-0.25, -0.2) is 8.78 Å². The van der Waals surface area contributed by atoms with E-state index in [1.165, 1.54) is 16.8 Å². The summed E-state index contributed by atoms with van der Waals surface area (Å²) in [5, 5.41) is 13.0. The van der Waals surface area contributed by atoms with Crippen LogP contribution in [0.1, 0.15) is 46.2 Å². The molecule has 2 amide bonds. The highest BCUT2D eigenvalue weighted by molar-refractivity contribution is 5.99. The number of hydrogen-bond acceptors (Lipinski definition) is 5. The van der Waals surface area contributed by atoms with Gasteiger partial charge in [-0.2, -0.15) is 0 Å². The summed E-state index contributed by atoms with van der Waals surface area (Å²) in [7, 11) is 0. The molecule has 172 valence electrons. The normalized spacial score (nSPS) is 31.0. The van der Waals surface area contributed by atoms with E-state index in [0.29, 0.717) is 12.0 Å². The number of halogens is 2. The number of hydrogen-bond donors (Lipinski definition) is 2. The first kappa shape index (κ1) is 20.3. The molecule has 4 aliphatic rings. The highest BCUT2D eigenvalue weighted by Crippen LogP contribution is 2.69. The van der Waals surface area contributed by atoms with E-state index in [1.54, 1.807) is 4.90 Å². The van der Waals surface area contributed by atoms with Crippen LogP contribution in [0.25, 0.3) is 0 Å². The summed E-state index contributed by atoms with van der Waals surface area (Å²) in [6.45, 7) is 2.01. The molecular formula is C23H21F2N3O5. The van der Waals surface area contributed by atoms with Crippen LogP contribution in [0.4, 0.5) is 8.78 Å². The van der Waals surface area contributed by atoms with Gasteiger partial charge in [0.05, 0.1) is 12.6 Å². The topological polar surface area (TPSA) is 101 Å². The van der Waals surface area contributed by atoms with E-state index in [0.717, 1.165) is 18.9 Å². The molecular weight excluding hydrogens is 436 g/mol. The first-order valence-electron chi connectivity index (χ1n) is 10.9. The van der Waals surface area contributed by atoms with Crippen LogP contribution in [0, 0.1) is 23.0 Å². The standard InChI is InChI=1S/C23H21F2N3O5/c1-10-5-23-6-15(23)28-16(33-20(10)23)9-27-8-13(18(29)19(30)17(27)22(28)32)21(31)26-7-11-2-3-12(24)4-14(11)25/h2-4,8,10,15-16,20,30H,5-7,9H2,1H3,(H,26,31)/t10?,15-,16-,20-,23?/m1/s1. The van der Waals surface area contributed by atoms with Crippen LogP contribution >= 0.6 is 0 Å². The number of aromatic nitrogens is 1. The van der Waals surface area contributed by atoms with E-state index in [9.17, 15) is 28.3 Å². The molecule has 3 fully saturated rings. The smallest absolute Gasteiger partial charge is 0.276 e. The lowest BCUT2D eigenvalue weighted by atomic mass is 9.68. The Kier molecular flexibility index (Phi) is 4.09. The summed E-state index contributed by atoms with van der Waals surface area (Å²) >= 11 is 0. The summed E-state index contributed by atoms with van der Waals surface area (Å²) in [4.78, 5) is 40.2. The van der Waals surface area contributed by atoms with Gasteiger partial charge in [-0.3, -0.25) is 14.4 Å². The zero-order valence-corrected chi connectivity index (χ0v) is 17.7. The largest absolute Gasteiger partial charge is 0.503 e. The van der Waals surface area contributed by atoms with Gasteiger partial charge < -0.3 is 24.6 Å². The van der Waals surface area contributed by atoms with Crippen LogP contribution in [0.3, 0.4) is 0 Å². The predicted molar refractivity (Wildman–Crippen MR) is 109 cm³/mol. The van der Waals surface area contributed by atoms with Crippen molar-refractivity contribution in [3.05, 3.63) is 63.1 Å². The summed E-state index contributed by atoms with van der Waals surface area (Å²) in [6, 6.07) is 2.99. The van der Waals surface area contributed by atoms with Gasteiger partial charge in [0.1, 0.15) is 17.2 Å². The van der Waals surface area contributed by atoms with E-state index in [4.69, 9.17) is 4.74 Å². The van der Waals surface area contributed by atoms with Gasteiger partial charge >= 0.3 is 0 Å². The first-order chi connectivity index (χ1) is 15.7. The Balaban J connectivity index is 1.29. The van der Waals surface area contributed by atoms with E-state index in [2.05, 4.69) is 12.2 Å². The van der Waals surface area contributed by atoms with Gasteiger partial charge in [-0.1, -0.05) is 13.0 Å². The number of carbonyl (C=O) groups excluding carboxylic acids is 2. The molecule has 2 aliphatic heterocycles. The second-order valence-electron chi connectivity index (χ2n) is 9.50. The number of nitrogens with one attached hydrogen (secondary N) is 1. The van der Waals surface area contributed by atoms with E-state index < -0.39 is 40.9 Å². The predicted octanol–water partition coefficient (Wildman–Crippen LogP) is 1.74. The van der Waals surface area contributed by atoms with Crippen molar-refractivity contribution in [2.24, 2.45) is 11.3 Å². The minimum absolute atomic E-state index is 0.000879. The third-order valence-electron chi connectivity index (χ3n) is 7.56. The molecule has 2 aromatic rings. The molecule has 1 aromatic carbocycles. The fourth-order valence-corrected chi connectivity index (χ4v) is 5.95. The van der Waals surface area contributed by atoms with E-state index in [-0.39, 0.29) is 47.5 Å². The monoisotopic (exact) mass is 457 g/mol. The molecule has 2 N–H and O–H groups in total. The van der Waals surface area contributed by atoms with Crippen molar-refractivity contribution in [3.63, 3.8) is 0 Å². The van der Waals surface area contributed by atoms with Crippen molar-refractivity contribution in [1.82, 2.24) is 14.8 Å². The number of pyridine rings is 1. The second kappa shape index (κ2) is 6.63. The molecule has 33 heavy (non-hydrogen) atoms. The minimum atomic E-state index is -0.983. The van der Waals surface area contributed by atoms with Crippen LogP contribution in [0.2, 0.25) is 0 Å². The molecule has 2 saturated carbocycles. The van der Waals surface area contributed by atoms with Gasteiger partial charge in [0.2, 0.25) is 5.43 Å². The van der Waals surface area contributed by atoms with Gasteiger partial charge in [0.25, 0.3) is 11.8 Å². The van der Waals surface area contributed by atoms with Gasteiger partial charge in [0, 0.05) is 35.8 Å². The Bertz CT molecular complexity index is 1290. The van der Waals surface area contributed by atoms with Crippen LogP contribution in [-0.2, 0) is 17.8 Å². The number of carbonyl (C=O) groups is 2. The van der Waals surface area contributed by atoms with Crippen LogP contribution < -0.4 is 10.7 Å². The van der Waals surface area contributed by atoms with Crippen LogP contribution in [0.5, 0.6) is 5.75 Å². The number of ether oxygens (including phenoxy) is 1. The number of aromatic hydroxyl groups is 1. The zero-order chi connectivity index (χ0) is 23.2. The quantitative estimate of drug-likeness (QED) is 0.732. The highest BCUT2D eigenvalue weighted by Gasteiger charge is 2.74. The third kappa shape index (κ3) is 2.73. The molecule has 8 nitrogen and oxygen atoms in total. The van der Waals surface area contributed by atoms with Gasteiger partial charge in [-0.15, -0.1) is 0 Å². The van der Waals surface area contributed by atoms with Crippen LogP contribution in [0.15, 0.2) is 29.2 Å². The van der Waals surface area contributed by atoms with Crippen LogP contribution in [-0.4, -0.2) is 44.8 Å². The molecule has 1 aromatic heterocycles. The number of rotatable bonds is 3. The summed E-state index contributed by atoms with van der Waals surface area (Å²) < 4.78 is 34.5. The SMILES string of the molecule is CC1CC23C[C@H]2N2C(=O)c4c(O)c(=O)c(C(=O)NCc5ccc(F)cc5F)cn4C[C@H]2O[C@H]13. The Morgan fingerprint density at radius 2 is 2.09 bits per heavy atom. The highest BCUT2D eigenvalue weighted by atomic mass is 19.1. The molecule has 0 bridgehead atoms. The molecule has 2 aliphatic carbocycles. The lowest BCUT2D eigenvalue weighted by Crippen LogP contribution is -2.63. The van der Waals surface area contributed by atoms with Crippen molar-refractivity contribution in [2.45, 2.75) is 51.2 Å². The molecule has 6 rings (SSSR count). The first-order valence-corrected chi connectivity index (χ1v) is 10.9. The average molecular weight is 457 g/mol. The molecule has 10 heteroatoms. The van der Waals surface area contributed by atoms with Gasteiger partial charge in [-0.05, 0) is 24.8 Å². The molecule has 1 saturated heterocycles. The van der Waals surface area contributed by atoms with E-state index in [1.807, 2.05) is 0 Å². The van der Waals surface area contributed by atoms with Crippen molar-refractivity contribution >= 4 is 11.8 Å². The number of benzene rings is 1. The minimum Gasteiger partial charge on any atom is -0.503 e. The molecule has 2 unspecified atom stereocenters. The molecule has 3 heterocycles. The van der Waals surface area contributed by atoms with Crippen molar-refractivity contribution < 1.29 is 28.2 Å². The third-order valence-corrected chi connectivity index (χ3v) is 7.56. The zero-order valence-electron chi connectivity index (χ0n) is 17.7. The Hall–Kier alpha value is -3.27. The Morgan fingerprint density at radius 3 is 2.82 bits per heavy atom. The fraction of sp³-hybridized carbons (Fsp3) is 0.435. The molecule has 5 atom stereocenters. The summed E-state index contributed by atoms with van der Waals surface area (Å²) in [5.74, 6) is -3.29. The lowest BCUT2D eigenvalue weighted by Gasteiger charge is -2.54. The van der Waals surface area contributed by atoms with Gasteiger partial charge in [0.15, 0.2) is 17.7 Å². The van der Waals surface area contributed by atoms with E-state index >= 15 is 0 Å². The number of fused-ring (bicyclic) bond motifs is 3. The lowest BCUT2D eigenvalue weighted by molar-refractivity contribution is -0.220. The Morgan fingerprint density at radius 1 is 1.30 bits per heavy atom. The Labute approximate surface area is 186 Å². The number of nitrogens with zero attached hydrogens (tertiary/aromatic N) is 2. The van der Waals surface area contributed by atoms with Crippen molar-refractivity contribution in [3.8, 4) is 5.75 Å². The second-order valence-corrected chi connectivity index (χ2v) is 9.50. The average Bonchev–Trinajstić information content (AvgIpc) is 3.50. The maximum Gasteiger partial charge on any atom is 0.276 e.